The number of hydrogen-bond donors (Lipinski definition) is 2. The minimum Gasteiger partial charge on any atom is -0.382 e. The third kappa shape index (κ3) is 3.71. The zero-order valence-electron chi connectivity index (χ0n) is 13.5. The summed E-state index contributed by atoms with van der Waals surface area (Å²) in [6, 6.07) is 0. The molecule has 1 heterocycles. The van der Waals surface area contributed by atoms with Gasteiger partial charge in [0.05, 0.1) is 11.9 Å². The van der Waals surface area contributed by atoms with Gasteiger partial charge < -0.3 is 10.6 Å². The van der Waals surface area contributed by atoms with Crippen molar-refractivity contribution in [1.29, 1.82) is 0 Å². The van der Waals surface area contributed by atoms with E-state index in [4.69, 9.17) is 0 Å². The third-order valence-electron chi connectivity index (χ3n) is 4.03. The lowest BCUT2D eigenvalue weighted by Gasteiger charge is -2.25. The van der Waals surface area contributed by atoms with Crippen LogP contribution in [0.2, 0.25) is 0 Å². The van der Waals surface area contributed by atoms with Gasteiger partial charge >= 0.3 is 0 Å². The first-order valence-electron chi connectivity index (χ1n) is 7.88. The fourth-order valence-electron chi connectivity index (χ4n) is 2.78. The highest BCUT2D eigenvalue weighted by molar-refractivity contribution is 5.97. The van der Waals surface area contributed by atoms with Gasteiger partial charge in [-0.3, -0.25) is 4.79 Å². The van der Waals surface area contributed by atoms with Gasteiger partial charge in [0.25, 0.3) is 5.91 Å². The molecule has 2 rings (SSSR count). The summed E-state index contributed by atoms with van der Waals surface area (Å²) < 4.78 is 0. The van der Waals surface area contributed by atoms with Crippen LogP contribution >= 0.6 is 0 Å². The summed E-state index contributed by atoms with van der Waals surface area (Å²) in [6.45, 7) is 8.91. The number of carbonyl (C=O) groups excluding carboxylic acids is 1. The van der Waals surface area contributed by atoms with Crippen molar-refractivity contribution in [2.45, 2.75) is 64.8 Å². The van der Waals surface area contributed by atoms with E-state index in [1.807, 2.05) is 20.8 Å². The van der Waals surface area contributed by atoms with Crippen LogP contribution in [0, 0.1) is 0 Å². The molecule has 1 aliphatic rings. The van der Waals surface area contributed by atoms with Crippen molar-refractivity contribution >= 4 is 11.6 Å². The maximum atomic E-state index is 12.6. The number of carbonyl (C=O) groups is 1. The molecule has 0 atom stereocenters. The summed E-state index contributed by atoms with van der Waals surface area (Å²) in [7, 11) is 0. The molecule has 5 heteroatoms. The Morgan fingerprint density at radius 1 is 1.38 bits per heavy atom. The van der Waals surface area contributed by atoms with Crippen LogP contribution in [-0.4, -0.2) is 28.0 Å². The molecule has 1 aromatic rings. The van der Waals surface area contributed by atoms with Crippen LogP contribution in [-0.2, 0) is 0 Å². The van der Waals surface area contributed by atoms with Crippen molar-refractivity contribution in [2.24, 2.45) is 0 Å². The highest BCUT2D eigenvalue weighted by Crippen LogP contribution is 2.29. The van der Waals surface area contributed by atoms with E-state index in [0.717, 1.165) is 19.4 Å². The third-order valence-corrected chi connectivity index (χ3v) is 4.03. The van der Waals surface area contributed by atoms with Gasteiger partial charge in [-0.1, -0.05) is 26.7 Å². The van der Waals surface area contributed by atoms with Gasteiger partial charge in [-0.2, -0.15) is 0 Å². The van der Waals surface area contributed by atoms with Crippen molar-refractivity contribution in [2.75, 3.05) is 11.9 Å². The molecule has 1 amide bonds. The van der Waals surface area contributed by atoms with Gasteiger partial charge in [0.1, 0.15) is 5.82 Å². The largest absolute Gasteiger partial charge is 0.382 e. The first-order chi connectivity index (χ1) is 9.95. The minimum absolute atomic E-state index is 0.0937. The van der Waals surface area contributed by atoms with E-state index in [1.54, 1.807) is 6.20 Å². The molecule has 1 saturated carbocycles. The summed E-state index contributed by atoms with van der Waals surface area (Å²) in [5.41, 5.74) is 1.08. The summed E-state index contributed by atoms with van der Waals surface area (Å²) in [5.74, 6) is 0.812. The summed E-state index contributed by atoms with van der Waals surface area (Å²) in [4.78, 5) is 21.4. The molecule has 0 radical (unpaired) electrons. The van der Waals surface area contributed by atoms with Gasteiger partial charge in [-0.25, -0.2) is 9.97 Å². The van der Waals surface area contributed by atoms with E-state index in [1.165, 1.54) is 12.8 Å². The Balaban J connectivity index is 2.26. The number of rotatable bonds is 5. The number of anilines is 1. The van der Waals surface area contributed by atoms with Gasteiger partial charge in [-0.05, 0) is 26.7 Å². The van der Waals surface area contributed by atoms with E-state index in [-0.39, 0.29) is 17.4 Å². The summed E-state index contributed by atoms with van der Waals surface area (Å²) in [6.07, 6.45) is 6.16. The predicted octanol–water partition coefficient (Wildman–Crippen LogP) is 3.09. The first-order valence-corrected chi connectivity index (χ1v) is 7.88. The molecule has 0 bridgehead atoms. The second-order valence-electron chi connectivity index (χ2n) is 6.40. The topological polar surface area (TPSA) is 66.9 Å². The average molecular weight is 290 g/mol. The van der Waals surface area contributed by atoms with Crippen LogP contribution in [0.15, 0.2) is 6.20 Å². The molecule has 5 nitrogen and oxygen atoms in total. The molecule has 0 spiro atoms. The van der Waals surface area contributed by atoms with Crippen molar-refractivity contribution in [3.8, 4) is 0 Å². The number of nitrogens with one attached hydrogen (secondary N) is 2. The van der Waals surface area contributed by atoms with Crippen molar-refractivity contribution in [3.05, 3.63) is 17.7 Å². The number of nitrogens with zero attached hydrogens (tertiary/aromatic N) is 2. The van der Waals surface area contributed by atoms with Crippen LogP contribution in [0.5, 0.6) is 0 Å². The molecule has 1 fully saturated rings. The van der Waals surface area contributed by atoms with Crippen LogP contribution in [0.4, 0.5) is 5.69 Å². The molecule has 21 heavy (non-hydrogen) atoms. The van der Waals surface area contributed by atoms with Gasteiger partial charge in [0.15, 0.2) is 5.69 Å². The Labute approximate surface area is 127 Å². The van der Waals surface area contributed by atoms with E-state index in [0.29, 0.717) is 17.2 Å². The molecule has 0 saturated heterocycles. The van der Waals surface area contributed by atoms with Crippen molar-refractivity contribution < 1.29 is 4.79 Å². The molecule has 0 aliphatic heterocycles. The Hall–Kier alpha value is -1.65. The number of aromatic nitrogens is 2. The van der Waals surface area contributed by atoms with Crippen molar-refractivity contribution in [3.63, 3.8) is 0 Å². The quantitative estimate of drug-likeness (QED) is 0.874. The second kappa shape index (κ2) is 6.41. The SMILES string of the molecule is CCNc1cnc(C(C)C)nc1C(=O)NC1(C)CCCC1. The smallest absolute Gasteiger partial charge is 0.272 e. The lowest BCUT2D eigenvalue weighted by Crippen LogP contribution is -2.44. The Bertz CT molecular complexity index is 507. The molecule has 116 valence electrons. The monoisotopic (exact) mass is 290 g/mol. The normalized spacial score (nSPS) is 17.0. The van der Waals surface area contributed by atoms with Gasteiger partial charge in [0, 0.05) is 18.0 Å². The lowest BCUT2D eigenvalue weighted by atomic mass is 10.0. The molecule has 0 aromatic carbocycles. The van der Waals surface area contributed by atoms with E-state index in [2.05, 4.69) is 27.5 Å². The maximum Gasteiger partial charge on any atom is 0.272 e. The van der Waals surface area contributed by atoms with Crippen LogP contribution in [0.3, 0.4) is 0 Å². The summed E-state index contributed by atoms with van der Waals surface area (Å²) >= 11 is 0. The molecule has 0 unspecified atom stereocenters. The second-order valence-corrected chi connectivity index (χ2v) is 6.40. The van der Waals surface area contributed by atoms with Crippen molar-refractivity contribution in [1.82, 2.24) is 15.3 Å². The zero-order chi connectivity index (χ0) is 15.5. The van der Waals surface area contributed by atoms with Gasteiger partial charge in [-0.15, -0.1) is 0 Å². The fraction of sp³-hybridized carbons (Fsp3) is 0.688. The summed E-state index contributed by atoms with van der Waals surface area (Å²) in [5, 5.41) is 6.34. The van der Waals surface area contributed by atoms with Gasteiger partial charge in [0.2, 0.25) is 0 Å². The maximum absolute atomic E-state index is 12.6. The lowest BCUT2D eigenvalue weighted by molar-refractivity contribution is 0.0903. The molecular formula is C16H26N4O. The molecule has 2 N–H and O–H groups in total. The first kappa shape index (κ1) is 15.7. The number of hydrogen-bond acceptors (Lipinski definition) is 4. The van der Waals surface area contributed by atoms with Crippen LogP contribution < -0.4 is 10.6 Å². The highest BCUT2D eigenvalue weighted by atomic mass is 16.2. The fourth-order valence-corrected chi connectivity index (χ4v) is 2.78. The van der Waals surface area contributed by atoms with E-state index >= 15 is 0 Å². The Kier molecular flexibility index (Phi) is 4.80. The Morgan fingerprint density at radius 3 is 2.62 bits per heavy atom. The predicted molar refractivity (Wildman–Crippen MR) is 84.6 cm³/mol. The Morgan fingerprint density at radius 2 is 2.05 bits per heavy atom. The zero-order valence-corrected chi connectivity index (χ0v) is 13.5. The van der Waals surface area contributed by atoms with E-state index in [9.17, 15) is 4.79 Å². The molecule has 1 aliphatic carbocycles. The van der Waals surface area contributed by atoms with E-state index < -0.39 is 0 Å². The van der Waals surface area contributed by atoms with Crippen LogP contribution in [0.25, 0.3) is 0 Å². The minimum atomic E-state index is -0.0975. The van der Waals surface area contributed by atoms with Crippen LogP contribution in [0.1, 0.15) is 75.6 Å². The molecular weight excluding hydrogens is 264 g/mol. The standard InChI is InChI=1S/C16H26N4O/c1-5-17-12-10-18-14(11(2)3)19-13(12)15(21)20-16(4)8-6-7-9-16/h10-11,17H,5-9H2,1-4H3,(H,20,21). The highest BCUT2D eigenvalue weighted by Gasteiger charge is 2.31. The average Bonchev–Trinajstić information content (AvgIpc) is 2.85. The number of amides is 1. The molecule has 1 aromatic heterocycles.